The van der Waals surface area contributed by atoms with Crippen LogP contribution in [0.25, 0.3) is 5.65 Å². The lowest BCUT2D eigenvalue weighted by molar-refractivity contribution is -0.0503. The zero-order valence-corrected chi connectivity index (χ0v) is 12.6. The summed E-state index contributed by atoms with van der Waals surface area (Å²) in [7, 11) is 0. The van der Waals surface area contributed by atoms with E-state index in [4.69, 9.17) is 4.74 Å². The van der Waals surface area contributed by atoms with E-state index in [0.717, 1.165) is 36.4 Å². The molecule has 5 heteroatoms. The molecule has 4 nitrogen and oxygen atoms in total. The smallest absolute Gasteiger partial charge is 0.137 e. The summed E-state index contributed by atoms with van der Waals surface area (Å²) < 4.78 is 7.82. The van der Waals surface area contributed by atoms with Crippen LogP contribution in [0.15, 0.2) is 30.6 Å². The summed E-state index contributed by atoms with van der Waals surface area (Å²) in [6.45, 7) is 4.85. The largest absolute Gasteiger partial charge is 0.374 e. The number of ether oxygens (including phenoxy) is 1. The van der Waals surface area contributed by atoms with Gasteiger partial charge < -0.3 is 9.14 Å². The highest BCUT2D eigenvalue weighted by Gasteiger charge is 2.25. The van der Waals surface area contributed by atoms with Crippen LogP contribution in [0.5, 0.6) is 0 Å². The van der Waals surface area contributed by atoms with Crippen molar-refractivity contribution in [2.45, 2.75) is 25.6 Å². The third-order valence-corrected chi connectivity index (χ3v) is 4.31. The van der Waals surface area contributed by atoms with E-state index in [2.05, 4.69) is 43.3 Å². The Morgan fingerprint density at radius 2 is 2.37 bits per heavy atom. The highest BCUT2D eigenvalue weighted by Crippen LogP contribution is 2.16. The molecule has 1 saturated heterocycles. The summed E-state index contributed by atoms with van der Waals surface area (Å²) >= 11 is 3.50. The molecule has 2 unspecified atom stereocenters. The SMILES string of the molecule is CC1COC(CBr)CN1Cc1cn2ccccc2n1. The van der Waals surface area contributed by atoms with Gasteiger partial charge in [-0.15, -0.1) is 0 Å². The van der Waals surface area contributed by atoms with Crippen LogP contribution < -0.4 is 0 Å². The summed E-state index contributed by atoms with van der Waals surface area (Å²) in [4.78, 5) is 7.10. The quantitative estimate of drug-likeness (QED) is 0.812. The van der Waals surface area contributed by atoms with Crippen molar-refractivity contribution in [3.05, 3.63) is 36.3 Å². The molecule has 0 saturated carbocycles. The second-order valence-electron chi connectivity index (χ2n) is 5.09. The Hall–Kier alpha value is -0.910. The van der Waals surface area contributed by atoms with Crippen LogP contribution in [0.2, 0.25) is 0 Å². The van der Waals surface area contributed by atoms with E-state index in [1.54, 1.807) is 0 Å². The van der Waals surface area contributed by atoms with Crippen molar-refractivity contribution in [1.82, 2.24) is 14.3 Å². The van der Waals surface area contributed by atoms with Crippen LogP contribution in [-0.4, -0.2) is 44.9 Å². The summed E-state index contributed by atoms with van der Waals surface area (Å²) in [6, 6.07) is 6.52. The Balaban J connectivity index is 1.75. The molecule has 1 aliphatic rings. The number of rotatable bonds is 3. The summed E-state index contributed by atoms with van der Waals surface area (Å²) in [5.74, 6) is 0. The van der Waals surface area contributed by atoms with Crippen molar-refractivity contribution in [3.63, 3.8) is 0 Å². The molecule has 3 heterocycles. The molecule has 1 aliphatic heterocycles. The minimum absolute atomic E-state index is 0.285. The number of alkyl halides is 1. The topological polar surface area (TPSA) is 29.8 Å². The highest BCUT2D eigenvalue weighted by molar-refractivity contribution is 9.09. The van der Waals surface area contributed by atoms with Gasteiger partial charge in [0.25, 0.3) is 0 Å². The van der Waals surface area contributed by atoms with Gasteiger partial charge in [0.05, 0.1) is 18.4 Å². The van der Waals surface area contributed by atoms with E-state index in [1.165, 1.54) is 0 Å². The highest BCUT2D eigenvalue weighted by atomic mass is 79.9. The number of nitrogens with zero attached hydrogens (tertiary/aromatic N) is 3. The average molecular weight is 324 g/mol. The first-order valence-electron chi connectivity index (χ1n) is 6.60. The van der Waals surface area contributed by atoms with E-state index < -0.39 is 0 Å². The van der Waals surface area contributed by atoms with E-state index in [9.17, 15) is 0 Å². The summed E-state index contributed by atoms with van der Waals surface area (Å²) in [6.07, 6.45) is 4.43. The van der Waals surface area contributed by atoms with Gasteiger partial charge in [0.1, 0.15) is 5.65 Å². The van der Waals surface area contributed by atoms with Gasteiger partial charge in [-0.2, -0.15) is 0 Å². The third kappa shape index (κ3) is 2.83. The zero-order valence-electron chi connectivity index (χ0n) is 11.0. The minimum Gasteiger partial charge on any atom is -0.374 e. The minimum atomic E-state index is 0.285. The molecule has 0 radical (unpaired) electrons. The molecular formula is C14H18BrN3O. The number of hydrogen-bond acceptors (Lipinski definition) is 3. The normalized spacial score (nSPS) is 24.9. The van der Waals surface area contributed by atoms with Crippen molar-refractivity contribution < 1.29 is 4.74 Å². The Morgan fingerprint density at radius 3 is 3.16 bits per heavy atom. The van der Waals surface area contributed by atoms with Crippen LogP contribution in [0.3, 0.4) is 0 Å². The predicted octanol–water partition coefficient (Wildman–Crippen LogP) is 2.32. The number of aromatic nitrogens is 2. The molecule has 1 fully saturated rings. The second kappa shape index (κ2) is 5.61. The Kier molecular flexibility index (Phi) is 3.86. The van der Waals surface area contributed by atoms with Gasteiger partial charge in [0, 0.05) is 36.9 Å². The molecule has 0 spiro atoms. The Labute approximate surface area is 121 Å². The lowest BCUT2D eigenvalue weighted by Crippen LogP contribution is -2.48. The van der Waals surface area contributed by atoms with Crippen molar-refractivity contribution in [3.8, 4) is 0 Å². The summed E-state index contributed by atoms with van der Waals surface area (Å²) in [5, 5.41) is 0.890. The van der Waals surface area contributed by atoms with Crippen LogP contribution in [0.4, 0.5) is 0 Å². The first kappa shape index (κ1) is 13.1. The van der Waals surface area contributed by atoms with Crippen LogP contribution in [0.1, 0.15) is 12.6 Å². The predicted molar refractivity (Wildman–Crippen MR) is 78.6 cm³/mol. The fourth-order valence-electron chi connectivity index (χ4n) is 2.46. The van der Waals surface area contributed by atoms with Crippen LogP contribution in [-0.2, 0) is 11.3 Å². The Morgan fingerprint density at radius 1 is 1.47 bits per heavy atom. The van der Waals surface area contributed by atoms with Gasteiger partial charge in [0.15, 0.2) is 0 Å². The maximum Gasteiger partial charge on any atom is 0.137 e. The van der Waals surface area contributed by atoms with Gasteiger partial charge >= 0.3 is 0 Å². The molecule has 0 aliphatic carbocycles. The number of pyridine rings is 1. The zero-order chi connectivity index (χ0) is 13.2. The van der Waals surface area contributed by atoms with Gasteiger partial charge in [-0.3, -0.25) is 4.90 Å². The van der Waals surface area contributed by atoms with Gasteiger partial charge in [0.2, 0.25) is 0 Å². The van der Waals surface area contributed by atoms with E-state index in [-0.39, 0.29) is 6.10 Å². The molecule has 19 heavy (non-hydrogen) atoms. The van der Waals surface area contributed by atoms with Gasteiger partial charge in [-0.05, 0) is 19.1 Å². The average Bonchev–Trinajstić information content (AvgIpc) is 2.83. The number of imidazole rings is 1. The first-order valence-corrected chi connectivity index (χ1v) is 7.72. The lowest BCUT2D eigenvalue weighted by atomic mass is 10.2. The number of halogens is 1. The molecule has 102 valence electrons. The maximum absolute atomic E-state index is 5.75. The molecule has 0 aromatic carbocycles. The standard InChI is InChI=1S/C14H18BrN3O/c1-11-10-19-13(6-15)9-18(11)8-12-7-17-5-3-2-4-14(17)16-12/h2-5,7,11,13H,6,8-10H2,1H3. The van der Waals surface area contributed by atoms with E-state index in [1.807, 2.05) is 24.4 Å². The molecule has 0 amide bonds. The van der Waals surface area contributed by atoms with Crippen molar-refractivity contribution >= 4 is 21.6 Å². The Bertz CT molecular complexity index is 523. The first-order chi connectivity index (χ1) is 9.26. The van der Waals surface area contributed by atoms with Crippen molar-refractivity contribution in [1.29, 1.82) is 0 Å². The number of fused-ring (bicyclic) bond motifs is 1. The second-order valence-corrected chi connectivity index (χ2v) is 5.73. The third-order valence-electron chi connectivity index (χ3n) is 3.59. The maximum atomic E-state index is 5.75. The fraction of sp³-hybridized carbons (Fsp3) is 0.500. The van der Waals surface area contributed by atoms with E-state index >= 15 is 0 Å². The molecule has 2 aromatic heterocycles. The number of hydrogen-bond donors (Lipinski definition) is 0. The number of morpholine rings is 1. The summed E-state index contributed by atoms with van der Waals surface area (Å²) in [5.41, 5.74) is 2.13. The van der Waals surface area contributed by atoms with Crippen molar-refractivity contribution in [2.24, 2.45) is 0 Å². The van der Waals surface area contributed by atoms with Crippen LogP contribution >= 0.6 is 15.9 Å². The molecule has 0 N–H and O–H groups in total. The molecule has 2 atom stereocenters. The molecule has 2 aromatic rings. The van der Waals surface area contributed by atoms with Crippen LogP contribution in [0, 0.1) is 0 Å². The molecular weight excluding hydrogens is 306 g/mol. The lowest BCUT2D eigenvalue weighted by Gasteiger charge is -2.37. The fourth-order valence-corrected chi connectivity index (χ4v) is 2.85. The van der Waals surface area contributed by atoms with E-state index in [0.29, 0.717) is 6.04 Å². The van der Waals surface area contributed by atoms with Gasteiger partial charge in [-0.1, -0.05) is 22.0 Å². The van der Waals surface area contributed by atoms with Gasteiger partial charge in [-0.25, -0.2) is 4.98 Å². The molecule has 3 rings (SSSR count). The van der Waals surface area contributed by atoms with Crippen molar-refractivity contribution in [2.75, 3.05) is 18.5 Å². The molecule has 0 bridgehead atoms. The monoisotopic (exact) mass is 323 g/mol.